The van der Waals surface area contributed by atoms with Crippen LogP contribution in [0.4, 0.5) is 13.2 Å². The maximum atomic E-state index is 14.7. The van der Waals surface area contributed by atoms with Crippen LogP contribution in [0.3, 0.4) is 0 Å². The molecule has 216 valence electrons. The van der Waals surface area contributed by atoms with E-state index in [1.54, 1.807) is 25.1 Å². The van der Waals surface area contributed by atoms with Crippen molar-refractivity contribution in [3.8, 4) is 0 Å². The molecule has 39 heavy (non-hydrogen) atoms. The Bertz CT molecular complexity index is 1080. The molecule has 0 amide bonds. The van der Waals surface area contributed by atoms with Gasteiger partial charge in [0, 0.05) is 52.4 Å². The van der Waals surface area contributed by atoms with Crippen molar-refractivity contribution in [3.63, 3.8) is 0 Å². The normalized spacial score (nSPS) is 24.3. The average Bonchev–Trinajstić information content (AvgIpc) is 3.32. The van der Waals surface area contributed by atoms with E-state index in [1.807, 2.05) is 0 Å². The summed E-state index contributed by atoms with van der Waals surface area (Å²) in [6, 6.07) is 5.14. The third-order valence-electron chi connectivity index (χ3n) is 8.97. The summed E-state index contributed by atoms with van der Waals surface area (Å²) >= 11 is 12.9. The molecule has 9 heteroatoms. The molecule has 0 spiro atoms. The minimum atomic E-state index is -4.54. The molecular weight excluding hydrogens is 546 g/mol. The second kappa shape index (κ2) is 12.0. The van der Waals surface area contributed by atoms with Crippen LogP contribution in [0.2, 0.25) is 10.0 Å². The monoisotopic (exact) mass is 585 g/mol. The Balaban J connectivity index is 1.62. The number of Topliss-reactive ketones (excluding diaryl/α,β-unsaturated/α-hetero) is 1. The van der Waals surface area contributed by atoms with Gasteiger partial charge in [-0.2, -0.15) is 13.2 Å². The van der Waals surface area contributed by atoms with Gasteiger partial charge in [0.15, 0.2) is 0 Å². The number of nitrogens with zero attached hydrogens (tertiary/aromatic N) is 2. The van der Waals surface area contributed by atoms with Gasteiger partial charge in [-0.1, -0.05) is 49.7 Å². The van der Waals surface area contributed by atoms with Crippen LogP contribution in [0, 0.1) is 11.3 Å². The number of alkyl halides is 3. The molecule has 1 heterocycles. The first-order valence-corrected chi connectivity index (χ1v) is 14.8. The van der Waals surface area contributed by atoms with Gasteiger partial charge in [-0.3, -0.25) is 4.79 Å². The summed E-state index contributed by atoms with van der Waals surface area (Å²) in [5, 5.41) is 2.44. The van der Waals surface area contributed by atoms with Crippen molar-refractivity contribution in [3.05, 3.63) is 57.4 Å². The predicted octanol–water partition coefficient (Wildman–Crippen LogP) is 8.10. The van der Waals surface area contributed by atoms with E-state index in [9.17, 15) is 18.0 Å². The minimum absolute atomic E-state index is 0.0562. The van der Waals surface area contributed by atoms with Gasteiger partial charge in [0.2, 0.25) is 0 Å². The van der Waals surface area contributed by atoms with Gasteiger partial charge >= 0.3 is 6.18 Å². The number of hydrazine groups is 1. The third-order valence-corrected chi connectivity index (χ3v) is 9.68. The van der Waals surface area contributed by atoms with Crippen molar-refractivity contribution in [1.82, 2.24) is 15.3 Å². The highest BCUT2D eigenvalue weighted by atomic mass is 35.5. The molecule has 0 unspecified atom stereocenters. The zero-order valence-corrected chi connectivity index (χ0v) is 24.7. The molecule has 2 aliphatic carbocycles. The van der Waals surface area contributed by atoms with Crippen LogP contribution in [0.5, 0.6) is 0 Å². The Kier molecular flexibility index (Phi) is 9.34. The second-order valence-electron chi connectivity index (χ2n) is 12.1. The van der Waals surface area contributed by atoms with E-state index >= 15 is 0 Å². The molecule has 0 saturated heterocycles. The van der Waals surface area contributed by atoms with Gasteiger partial charge in [-0.05, 0) is 87.8 Å². The van der Waals surface area contributed by atoms with Crippen molar-refractivity contribution in [2.45, 2.75) is 96.8 Å². The van der Waals surface area contributed by atoms with Crippen molar-refractivity contribution >= 4 is 29.0 Å². The number of hydrogen-bond donors (Lipinski definition) is 1. The van der Waals surface area contributed by atoms with Crippen molar-refractivity contribution < 1.29 is 18.0 Å². The number of ketones is 1. The van der Waals surface area contributed by atoms with Gasteiger partial charge in [-0.15, -0.1) is 0 Å². The molecule has 1 N–H and O–H groups in total. The van der Waals surface area contributed by atoms with E-state index in [0.29, 0.717) is 54.4 Å². The number of nitrogens with one attached hydrogen (secondary N) is 1. The number of allylic oxidation sites excluding steroid dienone is 1. The highest BCUT2D eigenvalue weighted by Crippen LogP contribution is 2.43. The topological polar surface area (TPSA) is 35.6 Å². The first kappa shape index (κ1) is 30.3. The molecule has 2 saturated carbocycles. The highest BCUT2D eigenvalue weighted by molar-refractivity contribution is 6.36. The van der Waals surface area contributed by atoms with Gasteiger partial charge < -0.3 is 9.91 Å². The van der Waals surface area contributed by atoms with Crippen LogP contribution in [-0.2, 0) is 11.2 Å². The van der Waals surface area contributed by atoms with E-state index in [1.165, 1.54) is 5.01 Å². The lowest BCUT2D eigenvalue weighted by atomic mass is 9.75. The zero-order chi connectivity index (χ0) is 28.5. The van der Waals surface area contributed by atoms with Gasteiger partial charge in [0.1, 0.15) is 11.5 Å². The fourth-order valence-corrected chi connectivity index (χ4v) is 7.07. The smallest absolute Gasteiger partial charge is 0.368 e. The maximum absolute atomic E-state index is 14.7. The van der Waals surface area contributed by atoms with Gasteiger partial charge in [-0.25, -0.2) is 5.43 Å². The van der Waals surface area contributed by atoms with Gasteiger partial charge in [0.05, 0.1) is 0 Å². The molecule has 4 nitrogen and oxygen atoms in total. The number of carbonyl (C=O) groups is 1. The lowest BCUT2D eigenvalue weighted by Gasteiger charge is -2.42. The quantitative estimate of drug-likeness (QED) is 0.334. The number of benzene rings is 1. The molecule has 0 bridgehead atoms. The van der Waals surface area contributed by atoms with E-state index in [2.05, 4.69) is 30.8 Å². The largest absolute Gasteiger partial charge is 0.432 e. The molecule has 0 atom stereocenters. The van der Waals surface area contributed by atoms with E-state index in [0.717, 1.165) is 31.2 Å². The lowest BCUT2D eigenvalue weighted by Crippen LogP contribution is -2.46. The molecule has 1 aliphatic heterocycles. The minimum Gasteiger partial charge on any atom is -0.368 e. The highest BCUT2D eigenvalue weighted by Gasteiger charge is 2.47. The summed E-state index contributed by atoms with van der Waals surface area (Å²) in [7, 11) is 0. The molecule has 2 fully saturated rings. The van der Waals surface area contributed by atoms with Crippen LogP contribution in [0.25, 0.3) is 0 Å². The molecule has 3 aliphatic rings. The Morgan fingerprint density at radius 1 is 1.10 bits per heavy atom. The first-order chi connectivity index (χ1) is 18.3. The average molecular weight is 587 g/mol. The predicted molar refractivity (Wildman–Crippen MR) is 151 cm³/mol. The molecule has 1 aromatic rings. The van der Waals surface area contributed by atoms with Gasteiger partial charge in [0.25, 0.3) is 0 Å². The molecule has 0 aromatic heterocycles. The Hall–Kier alpha value is -1.70. The summed E-state index contributed by atoms with van der Waals surface area (Å²) in [5.74, 6) is 0.0627. The van der Waals surface area contributed by atoms with Crippen LogP contribution < -0.4 is 5.43 Å². The van der Waals surface area contributed by atoms with Crippen LogP contribution in [0.1, 0.15) is 77.7 Å². The Morgan fingerprint density at radius 2 is 1.69 bits per heavy atom. The summed E-state index contributed by atoms with van der Waals surface area (Å²) < 4.78 is 44.0. The van der Waals surface area contributed by atoms with E-state index in [-0.39, 0.29) is 41.3 Å². The second-order valence-corrected chi connectivity index (χ2v) is 12.9. The summed E-state index contributed by atoms with van der Waals surface area (Å²) in [5.41, 5.74) is 4.04. The van der Waals surface area contributed by atoms with Crippen molar-refractivity contribution in [2.75, 3.05) is 13.1 Å². The number of carbonyl (C=O) groups excluding carboxylic acids is 1. The summed E-state index contributed by atoms with van der Waals surface area (Å²) in [6.45, 7) is 10.9. The molecular formula is C30H40Cl2F3N3O. The van der Waals surface area contributed by atoms with Crippen LogP contribution in [0.15, 0.2) is 41.7 Å². The number of rotatable bonds is 8. The fraction of sp³-hybridized carbons (Fsp3) is 0.633. The van der Waals surface area contributed by atoms with E-state index in [4.69, 9.17) is 23.2 Å². The lowest BCUT2D eigenvalue weighted by molar-refractivity contribution is -0.125. The fourth-order valence-electron chi connectivity index (χ4n) is 6.48. The molecule has 4 rings (SSSR count). The standard InChI is InChI=1S/C30H40Cl2F3N3O/c1-19(25-18-36-38(28(25)30(33,34)35)23-10-8-21(9-11-23)20(2)39)37(22-12-15-29(3,4)16-13-22)17-14-24-26(31)6-5-7-27(24)32/h5-7,21-23,36H,1,8-18H2,2-4H3. The molecule has 1 aromatic carbocycles. The van der Waals surface area contributed by atoms with E-state index < -0.39 is 11.9 Å². The third kappa shape index (κ3) is 6.97. The number of halogens is 5. The first-order valence-electron chi connectivity index (χ1n) is 14.0. The number of hydrogen-bond acceptors (Lipinski definition) is 4. The van der Waals surface area contributed by atoms with Crippen molar-refractivity contribution in [2.24, 2.45) is 11.3 Å². The Morgan fingerprint density at radius 3 is 2.23 bits per heavy atom. The van der Waals surface area contributed by atoms with Crippen LogP contribution >= 0.6 is 23.2 Å². The zero-order valence-electron chi connectivity index (χ0n) is 23.1. The maximum Gasteiger partial charge on any atom is 0.432 e. The van der Waals surface area contributed by atoms with Crippen LogP contribution in [-0.4, -0.2) is 47.0 Å². The van der Waals surface area contributed by atoms with Crippen molar-refractivity contribution in [1.29, 1.82) is 0 Å². The summed E-state index contributed by atoms with van der Waals surface area (Å²) in [6.07, 6.45) is 2.08. The molecule has 0 radical (unpaired) electrons. The SMILES string of the molecule is C=C(C1=C(C(F)(F)F)N(C2CCC(C(C)=O)CC2)NC1)N(CCc1c(Cl)cccc1Cl)C1CCC(C)(C)CC1. The Labute approximate surface area is 240 Å². The summed E-state index contributed by atoms with van der Waals surface area (Å²) in [4.78, 5) is 13.9.